The number of hydrogen-bond donors (Lipinski definition) is 2. The highest BCUT2D eigenvalue weighted by atomic mass is 19.4. The van der Waals surface area contributed by atoms with Crippen molar-refractivity contribution in [3.05, 3.63) is 64.7 Å². The maximum Gasteiger partial charge on any atom is 0.417 e. The van der Waals surface area contributed by atoms with E-state index < -0.39 is 23.6 Å². The van der Waals surface area contributed by atoms with Gasteiger partial charge in [0, 0.05) is 11.3 Å². The molecule has 0 aliphatic carbocycles. The Morgan fingerprint density at radius 1 is 1.00 bits per heavy atom. The molecule has 0 heterocycles. The van der Waals surface area contributed by atoms with Gasteiger partial charge in [-0.2, -0.15) is 18.3 Å². The Kier molecular flexibility index (Phi) is 5.76. The minimum Gasteiger partial charge on any atom is -0.318 e. The minimum absolute atomic E-state index is 0.227. The van der Waals surface area contributed by atoms with Crippen LogP contribution in [0.15, 0.2) is 47.6 Å². The quantitative estimate of drug-likeness (QED) is 0.498. The minimum atomic E-state index is -4.55. The fraction of sp³-hybridized carbons (Fsp3) is 0.167. The Hall–Kier alpha value is -3.16. The number of amides is 2. The second kappa shape index (κ2) is 7.81. The second-order valence-electron chi connectivity index (χ2n) is 5.61. The van der Waals surface area contributed by atoms with Gasteiger partial charge in [-0.15, -0.1) is 0 Å². The summed E-state index contributed by atoms with van der Waals surface area (Å²) in [5.74, 6) is -2.07. The Morgan fingerprint density at radius 2 is 1.62 bits per heavy atom. The lowest BCUT2D eigenvalue weighted by molar-refractivity contribution is -0.137. The van der Waals surface area contributed by atoms with Gasteiger partial charge in [-0.3, -0.25) is 9.59 Å². The summed E-state index contributed by atoms with van der Waals surface area (Å²) in [6, 6.07) is 10.0. The van der Waals surface area contributed by atoms with Crippen LogP contribution in [0.2, 0.25) is 0 Å². The summed E-state index contributed by atoms with van der Waals surface area (Å²) in [5, 5.41) is 5.83. The van der Waals surface area contributed by atoms with Crippen LogP contribution in [0.25, 0.3) is 0 Å². The summed E-state index contributed by atoms with van der Waals surface area (Å²) in [7, 11) is 0. The predicted octanol–water partition coefficient (Wildman–Crippen LogP) is 3.41. The number of nitrogens with zero attached hydrogens (tertiary/aromatic N) is 1. The van der Waals surface area contributed by atoms with Gasteiger partial charge in [-0.1, -0.05) is 24.3 Å². The molecule has 0 fully saturated rings. The number of anilines is 1. The summed E-state index contributed by atoms with van der Waals surface area (Å²) < 4.78 is 38.6. The zero-order chi connectivity index (χ0) is 19.3. The van der Waals surface area contributed by atoms with Crippen LogP contribution in [-0.4, -0.2) is 18.0 Å². The van der Waals surface area contributed by atoms with Crippen molar-refractivity contribution in [2.45, 2.75) is 20.0 Å². The maximum atomic E-state index is 12.9. The zero-order valence-electron chi connectivity index (χ0n) is 14.0. The molecule has 0 saturated carbocycles. The summed E-state index contributed by atoms with van der Waals surface area (Å²) in [5.41, 5.74) is 3.04. The lowest BCUT2D eigenvalue weighted by Gasteiger charge is -2.09. The van der Waals surface area contributed by atoms with Gasteiger partial charge >= 0.3 is 18.0 Å². The molecule has 2 rings (SSSR count). The van der Waals surface area contributed by atoms with Crippen molar-refractivity contribution < 1.29 is 22.8 Å². The normalized spacial score (nSPS) is 11.4. The van der Waals surface area contributed by atoms with Crippen molar-refractivity contribution in [2.24, 2.45) is 5.10 Å². The second-order valence-corrected chi connectivity index (χ2v) is 5.61. The summed E-state index contributed by atoms with van der Waals surface area (Å²) in [6.07, 6.45) is -3.71. The van der Waals surface area contributed by atoms with Gasteiger partial charge in [0.1, 0.15) is 0 Å². The number of nitrogens with one attached hydrogen (secondary N) is 2. The number of alkyl halides is 3. The van der Waals surface area contributed by atoms with Gasteiger partial charge in [0.2, 0.25) is 0 Å². The predicted molar refractivity (Wildman–Crippen MR) is 91.7 cm³/mol. The number of carbonyl (C=O) groups is 2. The van der Waals surface area contributed by atoms with Gasteiger partial charge < -0.3 is 5.32 Å². The van der Waals surface area contributed by atoms with Crippen molar-refractivity contribution in [1.82, 2.24) is 5.43 Å². The Morgan fingerprint density at radius 3 is 2.23 bits per heavy atom. The molecule has 0 aliphatic rings. The highest BCUT2D eigenvalue weighted by Crippen LogP contribution is 2.31. The van der Waals surface area contributed by atoms with Gasteiger partial charge in [0.25, 0.3) is 0 Å². The van der Waals surface area contributed by atoms with Crippen LogP contribution < -0.4 is 10.7 Å². The third kappa shape index (κ3) is 5.17. The average molecular weight is 363 g/mol. The van der Waals surface area contributed by atoms with Crippen molar-refractivity contribution in [3.63, 3.8) is 0 Å². The van der Waals surface area contributed by atoms with Crippen LogP contribution >= 0.6 is 0 Å². The number of benzene rings is 2. The van der Waals surface area contributed by atoms with Gasteiger partial charge in [0.05, 0.1) is 11.8 Å². The Balaban J connectivity index is 2.02. The fourth-order valence-corrected chi connectivity index (χ4v) is 2.31. The van der Waals surface area contributed by atoms with Crippen LogP contribution in [0, 0.1) is 13.8 Å². The zero-order valence-corrected chi connectivity index (χ0v) is 14.0. The molecule has 0 aromatic heterocycles. The molecule has 2 aromatic carbocycles. The van der Waals surface area contributed by atoms with Gasteiger partial charge in [-0.05, 0) is 43.2 Å². The highest BCUT2D eigenvalue weighted by molar-refractivity contribution is 6.39. The number of halogens is 3. The van der Waals surface area contributed by atoms with Crippen LogP contribution in [0.4, 0.5) is 18.9 Å². The largest absolute Gasteiger partial charge is 0.417 e. The Bertz CT molecular complexity index is 841. The van der Waals surface area contributed by atoms with E-state index in [1.807, 2.05) is 25.3 Å². The average Bonchev–Trinajstić information content (AvgIpc) is 2.53. The fourth-order valence-electron chi connectivity index (χ4n) is 2.31. The molecule has 8 heteroatoms. The maximum absolute atomic E-state index is 12.9. The third-order valence-electron chi connectivity index (χ3n) is 3.32. The van der Waals surface area contributed by atoms with E-state index in [1.165, 1.54) is 18.2 Å². The smallest absolute Gasteiger partial charge is 0.318 e. The number of hydrazone groups is 1. The molecule has 0 unspecified atom stereocenters. The van der Waals surface area contributed by atoms with Crippen LogP contribution in [0.3, 0.4) is 0 Å². The molecule has 0 radical (unpaired) electrons. The topological polar surface area (TPSA) is 70.6 Å². The van der Waals surface area contributed by atoms with E-state index in [2.05, 4.69) is 10.4 Å². The lowest BCUT2D eigenvalue weighted by atomic mass is 10.1. The van der Waals surface area contributed by atoms with E-state index in [-0.39, 0.29) is 5.56 Å². The van der Waals surface area contributed by atoms with E-state index in [1.54, 1.807) is 12.1 Å². The van der Waals surface area contributed by atoms with E-state index in [4.69, 9.17) is 0 Å². The van der Waals surface area contributed by atoms with E-state index >= 15 is 0 Å². The van der Waals surface area contributed by atoms with Gasteiger partial charge in [-0.25, -0.2) is 5.43 Å². The molecule has 0 aliphatic heterocycles. The number of carbonyl (C=O) groups excluding carboxylic acids is 2. The monoisotopic (exact) mass is 363 g/mol. The van der Waals surface area contributed by atoms with Crippen LogP contribution in [0.5, 0.6) is 0 Å². The van der Waals surface area contributed by atoms with Crippen LogP contribution in [0.1, 0.15) is 22.3 Å². The summed E-state index contributed by atoms with van der Waals surface area (Å²) in [6.45, 7) is 3.68. The molecule has 2 aromatic rings. The number of rotatable bonds is 3. The standard InChI is InChI=1S/C18H16F3N3O2/c1-11-7-12(2)9-14(8-11)23-16(25)17(26)24-22-10-13-5-3-4-6-15(13)18(19,20)21/h3-10H,1-2H3,(H,23,25)(H,24,26)/b22-10-. The first-order chi connectivity index (χ1) is 12.2. The molecule has 2 amide bonds. The molecule has 0 atom stereocenters. The van der Waals surface area contributed by atoms with Crippen molar-refractivity contribution in [1.29, 1.82) is 0 Å². The molecule has 2 N–H and O–H groups in total. The molecule has 0 saturated heterocycles. The Labute approximate surface area is 147 Å². The number of aryl methyl sites for hydroxylation is 2. The van der Waals surface area contributed by atoms with Crippen LogP contribution in [-0.2, 0) is 15.8 Å². The molecular weight excluding hydrogens is 347 g/mol. The summed E-state index contributed by atoms with van der Waals surface area (Å²) in [4.78, 5) is 23.6. The first-order valence-electron chi connectivity index (χ1n) is 7.56. The molecule has 136 valence electrons. The SMILES string of the molecule is Cc1cc(C)cc(NC(=O)C(=O)N/N=C\c2ccccc2C(F)(F)F)c1. The van der Waals surface area contributed by atoms with E-state index in [9.17, 15) is 22.8 Å². The van der Waals surface area contributed by atoms with Gasteiger partial charge in [0.15, 0.2) is 0 Å². The molecule has 0 spiro atoms. The van der Waals surface area contributed by atoms with Crippen molar-refractivity contribution in [2.75, 3.05) is 5.32 Å². The molecular formula is C18H16F3N3O2. The lowest BCUT2D eigenvalue weighted by Crippen LogP contribution is -2.32. The molecule has 5 nitrogen and oxygen atoms in total. The number of hydrogen-bond acceptors (Lipinski definition) is 3. The molecule has 26 heavy (non-hydrogen) atoms. The van der Waals surface area contributed by atoms with E-state index in [0.717, 1.165) is 23.4 Å². The third-order valence-corrected chi connectivity index (χ3v) is 3.32. The molecule has 0 bridgehead atoms. The van der Waals surface area contributed by atoms with Crippen molar-refractivity contribution in [3.8, 4) is 0 Å². The van der Waals surface area contributed by atoms with E-state index in [0.29, 0.717) is 5.69 Å². The van der Waals surface area contributed by atoms with Crippen molar-refractivity contribution >= 4 is 23.7 Å². The summed E-state index contributed by atoms with van der Waals surface area (Å²) >= 11 is 0. The first kappa shape index (κ1) is 19.2. The first-order valence-corrected chi connectivity index (χ1v) is 7.56. The highest BCUT2D eigenvalue weighted by Gasteiger charge is 2.32.